The van der Waals surface area contributed by atoms with Crippen LogP contribution in [0.4, 0.5) is 5.69 Å². The van der Waals surface area contributed by atoms with Crippen LogP contribution in [0, 0.1) is 0 Å². The van der Waals surface area contributed by atoms with Crippen LogP contribution >= 0.6 is 0 Å². The monoisotopic (exact) mass is 316 g/mol. The van der Waals surface area contributed by atoms with E-state index in [1.165, 1.54) is 11.3 Å². The van der Waals surface area contributed by atoms with Crippen LogP contribution in [-0.4, -0.2) is 41.9 Å². The average molecular weight is 316 g/mol. The second-order valence-corrected chi connectivity index (χ2v) is 6.30. The number of benzene rings is 1. The molecule has 2 aliphatic heterocycles. The van der Waals surface area contributed by atoms with Crippen molar-refractivity contribution >= 4 is 17.5 Å². The minimum Gasteiger partial charge on any atom is -0.494 e. The summed E-state index contributed by atoms with van der Waals surface area (Å²) >= 11 is 0. The van der Waals surface area contributed by atoms with Gasteiger partial charge in [-0.3, -0.25) is 14.5 Å². The van der Waals surface area contributed by atoms with Crippen LogP contribution in [0.25, 0.3) is 0 Å². The van der Waals surface area contributed by atoms with E-state index in [1.807, 2.05) is 6.92 Å². The minimum absolute atomic E-state index is 0.0899. The van der Waals surface area contributed by atoms with Gasteiger partial charge in [-0.25, -0.2) is 4.90 Å². The molecular weight excluding hydrogens is 292 g/mol. The number of carbonyl (C=O) groups is 2. The lowest BCUT2D eigenvalue weighted by molar-refractivity contribution is -0.123. The van der Waals surface area contributed by atoms with E-state index in [-0.39, 0.29) is 24.3 Å². The second kappa shape index (κ2) is 6.71. The fourth-order valence-electron chi connectivity index (χ4n) is 3.59. The Morgan fingerprint density at radius 2 is 1.91 bits per heavy atom. The Hall–Kier alpha value is -1.88. The maximum atomic E-state index is 12.8. The summed E-state index contributed by atoms with van der Waals surface area (Å²) in [5, 5.41) is 0. The molecule has 2 heterocycles. The summed E-state index contributed by atoms with van der Waals surface area (Å²) in [7, 11) is 0. The summed E-state index contributed by atoms with van der Waals surface area (Å²) in [6.07, 6.45) is 3.69. The van der Waals surface area contributed by atoms with E-state index in [0.717, 1.165) is 25.1 Å². The number of nitrogens with zero attached hydrogens (tertiary/aromatic N) is 2. The highest BCUT2D eigenvalue weighted by molar-refractivity contribution is 6.22. The van der Waals surface area contributed by atoms with Gasteiger partial charge in [-0.05, 0) is 57.5 Å². The normalized spacial score (nSPS) is 25.9. The average Bonchev–Trinajstić information content (AvgIpc) is 2.84. The van der Waals surface area contributed by atoms with Gasteiger partial charge in [-0.15, -0.1) is 0 Å². The molecule has 0 aromatic heterocycles. The molecule has 2 amide bonds. The number of carbonyl (C=O) groups excluding carboxylic acids is 2. The van der Waals surface area contributed by atoms with Crippen molar-refractivity contribution in [2.75, 3.05) is 18.1 Å². The Labute approximate surface area is 137 Å². The molecule has 0 N–H and O–H groups in total. The van der Waals surface area contributed by atoms with E-state index in [0.29, 0.717) is 18.3 Å². The third-order valence-corrected chi connectivity index (χ3v) is 4.78. The van der Waals surface area contributed by atoms with Gasteiger partial charge in [0.1, 0.15) is 5.75 Å². The number of piperidine rings is 1. The van der Waals surface area contributed by atoms with Crippen molar-refractivity contribution < 1.29 is 14.3 Å². The van der Waals surface area contributed by atoms with Crippen LogP contribution in [0.3, 0.4) is 0 Å². The lowest BCUT2D eigenvalue weighted by Gasteiger charge is -2.36. The smallest absolute Gasteiger partial charge is 0.251 e. The molecule has 0 radical (unpaired) electrons. The molecule has 2 saturated heterocycles. The van der Waals surface area contributed by atoms with Crippen LogP contribution in [0.2, 0.25) is 0 Å². The van der Waals surface area contributed by atoms with E-state index >= 15 is 0 Å². The predicted molar refractivity (Wildman–Crippen MR) is 88.5 cm³/mol. The highest BCUT2D eigenvalue weighted by Gasteiger charge is 2.44. The first-order valence-corrected chi connectivity index (χ1v) is 8.47. The summed E-state index contributed by atoms with van der Waals surface area (Å²) in [5.74, 6) is 0.548. The van der Waals surface area contributed by atoms with Gasteiger partial charge in [-0.2, -0.15) is 0 Å². The number of imide groups is 1. The van der Waals surface area contributed by atoms with Gasteiger partial charge in [0.2, 0.25) is 5.91 Å². The Morgan fingerprint density at radius 3 is 2.57 bits per heavy atom. The summed E-state index contributed by atoms with van der Waals surface area (Å²) in [4.78, 5) is 28.7. The third-order valence-electron chi connectivity index (χ3n) is 4.78. The number of likely N-dealkylation sites (tertiary alicyclic amines) is 1. The van der Waals surface area contributed by atoms with Crippen molar-refractivity contribution in [2.45, 2.75) is 51.6 Å². The van der Waals surface area contributed by atoms with Crippen molar-refractivity contribution in [1.82, 2.24) is 4.90 Å². The fraction of sp³-hybridized carbons (Fsp3) is 0.556. The summed E-state index contributed by atoms with van der Waals surface area (Å²) in [6.45, 7) is 5.57. The summed E-state index contributed by atoms with van der Waals surface area (Å²) in [5.41, 5.74) is 0.635. The SMILES string of the molecule is CCOc1ccc(N2C(=O)CC(N3CCCCC3C)C2=O)cc1. The van der Waals surface area contributed by atoms with Crippen molar-refractivity contribution in [3.05, 3.63) is 24.3 Å². The van der Waals surface area contributed by atoms with Gasteiger partial charge in [0.05, 0.1) is 24.8 Å². The minimum atomic E-state index is -0.302. The van der Waals surface area contributed by atoms with E-state index in [1.54, 1.807) is 24.3 Å². The van der Waals surface area contributed by atoms with E-state index in [4.69, 9.17) is 4.74 Å². The van der Waals surface area contributed by atoms with E-state index in [9.17, 15) is 9.59 Å². The predicted octanol–water partition coefficient (Wildman–Crippen LogP) is 2.59. The van der Waals surface area contributed by atoms with E-state index in [2.05, 4.69) is 11.8 Å². The van der Waals surface area contributed by atoms with Crippen molar-refractivity contribution in [2.24, 2.45) is 0 Å². The molecule has 2 aliphatic rings. The molecule has 2 unspecified atom stereocenters. The first-order valence-electron chi connectivity index (χ1n) is 8.47. The molecule has 2 atom stereocenters. The highest BCUT2D eigenvalue weighted by Crippen LogP contribution is 2.30. The van der Waals surface area contributed by atoms with Gasteiger partial charge in [0.15, 0.2) is 0 Å². The number of anilines is 1. The largest absolute Gasteiger partial charge is 0.494 e. The van der Waals surface area contributed by atoms with Crippen molar-refractivity contribution in [3.63, 3.8) is 0 Å². The summed E-state index contributed by atoms with van der Waals surface area (Å²) < 4.78 is 5.41. The van der Waals surface area contributed by atoms with Crippen LogP contribution < -0.4 is 9.64 Å². The fourth-order valence-corrected chi connectivity index (χ4v) is 3.59. The first kappa shape index (κ1) is 16.0. The number of hydrogen-bond donors (Lipinski definition) is 0. The number of ether oxygens (including phenoxy) is 1. The summed E-state index contributed by atoms with van der Waals surface area (Å²) in [6, 6.07) is 7.23. The maximum absolute atomic E-state index is 12.8. The molecule has 0 bridgehead atoms. The van der Waals surface area contributed by atoms with Crippen LogP contribution in [0.5, 0.6) is 5.75 Å². The zero-order valence-corrected chi connectivity index (χ0v) is 13.8. The van der Waals surface area contributed by atoms with Crippen molar-refractivity contribution in [1.29, 1.82) is 0 Å². The Kier molecular flexibility index (Phi) is 4.66. The highest BCUT2D eigenvalue weighted by atomic mass is 16.5. The second-order valence-electron chi connectivity index (χ2n) is 6.30. The van der Waals surface area contributed by atoms with Gasteiger partial charge in [0, 0.05) is 6.04 Å². The van der Waals surface area contributed by atoms with Gasteiger partial charge < -0.3 is 4.74 Å². The lowest BCUT2D eigenvalue weighted by Crippen LogP contribution is -2.48. The molecule has 124 valence electrons. The Balaban J connectivity index is 1.78. The topological polar surface area (TPSA) is 49.9 Å². The quantitative estimate of drug-likeness (QED) is 0.801. The third kappa shape index (κ3) is 3.11. The van der Waals surface area contributed by atoms with Crippen LogP contribution in [-0.2, 0) is 9.59 Å². The van der Waals surface area contributed by atoms with E-state index < -0.39 is 0 Å². The van der Waals surface area contributed by atoms with Gasteiger partial charge in [-0.1, -0.05) is 6.42 Å². The molecule has 2 fully saturated rings. The van der Waals surface area contributed by atoms with Crippen molar-refractivity contribution in [3.8, 4) is 5.75 Å². The molecule has 1 aromatic rings. The maximum Gasteiger partial charge on any atom is 0.251 e. The standard InChI is InChI=1S/C18H24N2O3/c1-3-23-15-9-7-14(8-10-15)20-17(21)12-16(18(20)22)19-11-5-4-6-13(19)2/h7-10,13,16H,3-6,11-12H2,1-2H3. The molecule has 1 aromatic carbocycles. The lowest BCUT2D eigenvalue weighted by atomic mass is 10.0. The van der Waals surface area contributed by atoms with Crippen LogP contribution in [0.15, 0.2) is 24.3 Å². The molecule has 5 heteroatoms. The number of hydrogen-bond acceptors (Lipinski definition) is 4. The molecule has 5 nitrogen and oxygen atoms in total. The zero-order chi connectivity index (χ0) is 16.4. The Morgan fingerprint density at radius 1 is 1.17 bits per heavy atom. The first-order chi connectivity index (χ1) is 11.1. The molecule has 0 saturated carbocycles. The molecule has 0 spiro atoms. The molecule has 23 heavy (non-hydrogen) atoms. The van der Waals surface area contributed by atoms with Crippen LogP contribution in [0.1, 0.15) is 39.5 Å². The molecule has 0 aliphatic carbocycles. The zero-order valence-electron chi connectivity index (χ0n) is 13.8. The number of amides is 2. The molecular formula is C18H24N2O3. The number of rotatable bonds is 4. The Bertz CT molecular complexity index is 584. The molecule has 3 rings (SSSR count). The van der Waals surface area contributed by atoms with Gasteiger partial charge >= 0.3 is 0 Å². The van der Waals surface area contributed by atoms with Gasteiger partial charge in [0.25, 0.3) is 5.91 Å².